The number of aromatic nitrogens is 1. The maximum Gasteiger partial charge on any atom is 0.244 e. The standard InChI is InChI=1S/C16H19N3O2S/c1-9(11-7-17-12-6-4-3-5-10(11)12)14-16(21)18-13(8-22-2)15(20)19-14/h3-7,9,13-14,17H,8H2,1-2H3,(H,18,21)(H,19,20)/t9?,13-,14-/m1/s1. The highest BCUT2D eigenvalue weighted by atomic mass is 32.2. The first-order chi connectivity index (χ1) is 10.6. The minimum atomic E-state index is -0.537. The van der Waals surface area contributed by atoms with Gasteiger partial charge in [0.15, 0.2) is 0 Å². The Kier molecular flexibility index (Phi) is 4.11. The first kappa shape index (κ1) is 15.0. The SMILES string of the molecule is CSC[C@H]1NC(=O)[C@@H](C(C)c2c[nH]c3ccccc23)NC1=O. The third-order valence-corrected chi connectivity index (χ3v) is 4.83. The first-order valence-electron chi connectivity index (χ1n) is 7.27. The molecule has 0 saturated carbocycles. The maximum absolute atomic E-state index is 12.4. The Morgan fingerprint density at radius 3 is 2.73 bits per heavy atom. The molecule has 1 aliphatic heterocycles. The van der Waals surface area contributed by atoms with E-state index in [-0.39, 0.29) is 17.7 Å². The highest BCUT2D eigenvalue weighted by Gasteiger charge is 2.37. The van der Waals surface area contributed by atoms with Crippen LogP contribution in [0.5, 0.6) is 0 Å². The summed E-state index contributed by atoms with van der Waals surface area (Å²) in [6.07, 6.45) is 3.84. The van der Waals surface area contributed by atoms with Crippen molar-refractivity contribution in [1.82, 2.24) is 15.6 Å². The van der Waals surface area contributed by atoms with Gasteiger partial charge in [-0.05, 0) is 17.9 Å². The molecule has 0 aliphatic carbocycles. The van der Waals surface area contributed by atoms with E-state index in [9.17, 15) is 9.59 Å². The van der Waals surface area contributed by atoms with Gasteiger partial charge >= 0.3 is 0 Å². The van der Waals surface area contributed by atoms with Crippen LogP contribution in [-0.4, -0.2) is 40.9 Å². The van der Waals surface area contributed by atoms with E-state index in [2.05, 4.69) is 15.6 Å². The zero-order chi connectivity index (χ0) is 15.7. The van der Waals surface area contributed by atoms with Crippen molar-refractivity contribution < 1.29 is 9.59 Å². The maximum atomic E-state index is 12.4. The lowest BCUT2D eigenvalue weighted by atomic mass is 9.90. The van der Waals surface area contributed by atoms with Crippen molar-refractivity contribution in [2.75, 3.05) is 12.0 Å². The summed E-state index contributed by atoms with van der Waals surface area (Å²) in [5, 5.41) is 6.79. The Labute approximate surface area is 133 Å². The highest BCUT2D eigenvalue weighted by molar-refractivity contribution is 7.98. The number of amides is 2. The van der Waals surface area contributed by atoms with Crippen molar-refractivity contribution in [3.8, 4) is 0 Å². The van der Waals surface area contributed by atoms with E-state index in [1.54, 1.807) is 11.8 Å². The van der Waals surface area contributed by atoms with Crippen LogP contribution in [0.1, 0.15) is 18.4 Å². The summed E-state index contributed by atoms with van der Waals surface area (Å²) in [6, 6.07) is 6.99. The Morgan fingerprint density at radius 2 is 1.95 bits per heavy atom. The average molecular weight is 317 g/mol. The Morgan fingerprint density at radius 1 is 1.18 bits per heavy atom. The highest BCUT2D eigenvalue weighted by Crippen LogP contribution is 2.28. The molecule has 1 unspecified atom stereocenters. The molecule has 1 aromatic carbocycles. The number of para-hydroxylation sites is 1. The zero-order valence-corrected chi connectivity index (χ0v) is 13.4. The van der Waals surface area contributed by atoms with Crippen LogP contribution < -0.4 is 10.6 Å². The first-order valence-corrected chi connectivity index (χ1v) is 8.67. The predicted molar refractivity (Wildman–Crippen MR) is 89.0 cm³/mol. The summed E-state index contributed by atoms with van der Waals surface area (Å²) in [6.45, 7) is 1.97. The van der Waals surface area contributed by atoms with Crippen molar-refractivity contribution in [1.29, 1.82) is 0 Å². The topological polar surface area (TPSA) is 74.0 Å². The third-order valence-electron chi connectivity index (χ3n) is 4.16. The number of thioether (sulfide) groups is 1. The van der Waals surface area contributed by atoms with E-state index in [0.717, 1.165) is 16.5 Å². The number of hydrogen-bond donors (Lipinski definition) is 3. The Balaban J connectivity index is 1.85. The summed E-state index contributed by atoms with van der Waals surface area (Å²) in [5.41, 5.74) is 2.08. The molecule has 0 bridgehead atoms. The number of benzene rings is 1. The summed E-state index contributed by atoms with van der Waals surface area (Å²) in [4.78, 5) is 27.7. The second-order valence-electron chi connectivity index (χ2n) is 5.58. The lowest BCUT2D eigenvalue weighted by Crippen LogP contribution is -2.63. The quantitative estimate of drug-likeness (QED) is 0.802. The molecule has 3 atom stereocenters. The zero-order valence-electron chi connectivity index (χ0n) is 12.6. The van der Waals surface area contributed by atoms with Crippen LogP contribution in [0.2, 0.25) is 0 Å². The molecule has 116 valence electrons. The van der Waals surface area contributed by atoms with Gasteiger partial charge in [-0.3, -0.25) is 9.59 Å². The van der Waals surface area contributed by atoms with E-state index < -0.39 is 12.1 Å². The number of rotatable bonds is 4. The number of piperazine rings is 1. The van der Waals surface area contributed by atoms with Crippen LogP contribution in [-0.2, 0) is 9.59 Å². The normalized spacial score (nSPS) is 23.2. The van der Waals surface area contributed by atoms with Crippen LogP contribution in [0.4, 0.5) is 0 Å². The average Bonchev–Trinajstić information content (AvgIpc) is 2.94. The van der Waals surface area contributed by atoms with Gasteiger partial charge in [0.1, 0.15) is 12.1 Å². The molecule has 0 radical (unpaired) electrons. The minimum absolute atomic E-state index is 0.102. The summed E-state index contributed by atoms with van der Waals surface area (Å²) >= 11 is 1.54. The van der Waals surface area contributed by atoms with Gasteiger partial charge in [0, 0.05) is 28.8 Å². The molecule has 3 rings (SSSR count). The summed E-state index contributed by atoms with van der Waals surface area (Å²) < 4.78 is 0. The van der Waals surface area contributed by atoms with Crippen molar-refractivity contribution in [2.24, 2.45) is 0 Å². The van der Waals surface area contributed by atoms with Crippen molar-refractivity contribution in [3.05, 3.63) is 36.0 Å². The minimum Gasteiger partial charge on any atom is -0.361 e. The van der Waals surface area contributed by atoms with E-state index in [1.807, 2.05) is 43.6 Å². The Hall–Kier alpha value is -1.95. The van der Waals surface area contributed by atoms with Crippen molar-refractivity contribution in [3.63, 3.8) is 0 Å². The third kappa shape index (κ3) is 2.59. The van der Waals surface area contributed by atoms with Crippen molar-refractivity contribution >= 4 is 34.5 Å². The van der Waals surface area contributed by atoms with Crippen LogP contribution in [0.15, 0.2) is 30.5 Å². The fourth-order valence-corrected chi connectivity index (χ4v) is 3.50. The van der Waals surface area contributed by atoms with Gasteiger partial charge in [0.05, 0.1) is 0 Å². The smallest absolute Gasteiger partial charge is 0.244 e. The molecule has 3 N–H and O–H groups in total. The van der Waals surface area contributed by atoms with E-state index in [4.69, 9.17) is 0 Å². The molecule has 2 amide bonds. The molecule has 1 saturated heterocycles. The van der Waals surface area contributed by atoms with Crippen molar-refractivity contribution in [2.45, 2.75) is 24.9 Å². The molecule has 0 spiro atoms. The molecule has 1 aromatic heterocycles. The molecular weight excluding hydrogens is 298 g/mol. The molecule has 2 aromatic rings. The van der Waals surface area contributed by atoms with Crippen LogP contribution >= 0.6 is 11.8 Å². The number of aromatic amines is 1. The molecular formula is C16H19N3O2S. The monoisotopic (exact) mass is 317 g/mol. The van der Waals surface area contributed by atoms with Crippen LogP contribution in [0.25, 0.3) is 10.9 Å². The molecule has 1 aliphatic rings. The second kappa shape index (κ2) is 6.04. The predicted octanol–water partition coefficient (Wildman–Crippen LogP) is 1.62. The number of fused-ring (bicyclic) bond motifs is 1. The van der Waals surface area contributed by atoms with E-state index >= 15 is 0 Å². The van der Waals surface area contributed by atoms with Crippen LogP contribution in [0.3, 0.4) is 0 Å². The number of hydrogen-bond acceptors (Lipinski definition) is 3. The van der Waals surface area contributed by atoms with Gasteiger partial charge in [0.2, 0.25) is 11.8 Å². The van der Waals surface area contributed by atoms with Gasteiger partial charge in [-0.15, -0.1) is 0 Å². The van der Waals surface area contributed by atoms with Gasteiger partial charge in [-0.25, -0.2) is 0 Å². The van der Waals surface area contributed by atoms with Gasteiger partial charge < -0.3 is 15.6 Å². The van der Waals surface area contributed by atoms with Gasteiger partial charge in [-0.1, -0.05) is 25.1 Å². The van der Waals surface area contributed by atoms with E-state index in [1.165, 1.54) is 0 Å². The number of carbonyl (C=O) groups excluding carboxylic acids is 2. The van der Waals surface area contributed by atoms with Gasteiger partial charge in [-0.2, -0.15) is 11.8 Å². The molecule has 5 nitrogen and oxygen atoms in total. The summed E-state index contributed by atoms with van der Waals surface area (Å²) in [7, 11) is 0. The molecule has 2 heterocycles. The fourth-order valence-electron chi connectivity index (χ4n) is 2.93. The number of carbonyl (C=O) groups is 2. The lowest BCUT2D eigenvalue weighted by molar-refractivity contribution is -0.136. The number of H-pyrrole nitrogens is 1. The molecule has 1 fully saturated rings. The largest absolute Gasteiger partial charge is 0.361 e. The molecule has 22 heavy (non-hydrogen) atoms. The number of nitrogens with one attached hydrogen (secondary N) is 3. The fraction of sp³-hybridized carbons (Fsp3) is 0.375. The van der Waals surface area contributed by atoms with Crippen LogP contribution in [0, 0.1) is 0 Å². The second-order valence-corrected chi connectivity index (χ2v) is 6.49. The lowest BCUT2D eigenvalue weighted by Gasteiger charge is -2.32. The van der Waals surface area contributed by atoms with E-state index in [0.29, 0.717) is 5.75 Å². The van der Waals surface area contributed by atoms with Gasteiger partial charge in [0.25, 0.3) is 0 Å². The Bertz CT molecular complexity index is 712. The summed E-state index contributed by atoms with van der Waals surface area (Å²) in [5.74, 6) is 0.267. The molecule has 6 heteroatoms.